The Bertz CT molecular complexity index is 942. The van der Waals surface area contributed by atoms with E-state index in [2.05, 4.69) is 87.5 Å². The minimum Gasteiger partial charge on any atom is -0.497 e. The molecule has 1 heterocycles. The van der Waals surface area contributed by atoms with Crippen molar-refractivity contribution >= 4 is 0 Å². The van der Waals surface area contributed by atoms with Crippen LogP contribution >= 0.6 is 0 Å². The first-order valence-corrected chi connectivity index (χ1v) is 10.1. The average molecular weight is 373 g/mol. The highest BCUT2D eigenvalue weighted by Crippen LogP contribution is 2.49. The number of fused-ring (bicyclic) bond motifs is 1. The highest BCUT2D eigenvalue weighted by Gasteiger charge is 2.33. The molecule has 0 saturated carbocycles. The molecule has 0 amide bonds. The highest BCUT2D eigenvalue weighted by molar-refractivity contribution is 5.54. The van der Waals surface area contributed by atoms with Crippen molar-refractivity contribution in [3.8, 4) is 11.5 Å². The third kappa shape index (κ3) is 3.40. The average Bonchev–Trinajstić information content (AvgIpc) is 2.74. The Morgan fingerprint density at radius 3 is 2.25 bits per heavy atom. The summed E-state index contributed by atoms with van der Waals surface area (Å²) in [5, 5.41) is 0. The van der Waals surface area contributed by atoms with Crippen molar-refractivity contribution in [3.63, 3.8) is 0 Å². The van der Waals surface area contributed by atoms with Crippen LogP contribution in [0.5, 0.6) is 11.5 Å². The summed E-state index contributed by atoms with van der Waals surface area (Å²) in [6, 6.07) is 23.6. The summed E-state index contributed by atoms with van der Waals surface area (Å²) in [4.78, 5) is 0. The second-order valence-corrected chi connectivity index (χ2v) is 7.95. The van der Waals surface area contributed by atoms with Crippen LogP contribution in [0.4, 0.5) is 0 Å². The predicted octanol–water partition coefficient (Wildman–Crippen LogP) is 6.78. The van der Waals surface area contributed by atoms with E-state index in [0.717, 1.165) is 17.9 Å². The van der Waals surface area contributed by atoms with Crippen molar-refractivity contribution in [2.45, 2.75) is 45.1 Å². The molecule has 4 rings (SSSR count). The number of hydrogen-bond acceptors (Lipinski definition) is 2. The first kappa shape index (κ1) is 18.6. The summed E-state index contributed by atoms with van der Waals surface area (Å²) < 4.78 is 12.0. The predicted molar refractivity (Wildman–Crippen MR) is 115 cm³/mol. The van der Waals surface area contributed by atoms with Gasteiger partial charge in [0.05, 0.1) is 7.11 Å². The molecule has 2 nitrogen and oxygen atoms in total. The molecular formula is C26H28O2. The zero-order valence-electron chi connectivity index (χ0n) is 17.1. The molecule has 0 N–H and O–H groups in total. The van der Waals surface area contributed by atoms with Gasteiger partial charge in [0, 0.05) is 11.5 Å². The van der Waals surface area contributed by atoms with E-state index in [1.165, 1.54) is 27.8 Å². The molecule has 0 aromatic heterocycles. The van der Waals surface area contributed by atoms with Gasteiger partial charge in [0.15, 0.2) is 0 Å². The van der Waals surface area contributed by atoms with Gasteiger partial charge < -0.3 is 9.47 Å². The van der Waals surface area contributed by atoms with Gasteiger partial charge >= 0.3 is 0 Å². The van der Waals surface area contributed by atoms with Crippen molar-refractivity contribution in [1.29, 1.82) is 0 Å². The molecule has 0 spiro atoms. The van der Waals surface area contributed by atoms with Gasteiger partial charge in [0.1, 0.15) is 17.6 Å². The molecule has 2 atom stereocenters. The second kappa shape index (κ2) is 7.71. The number of hydrogen-bond donors (Lipinski definition) is 0. The second-order valence-electron chi connectivity index (χ2n) is 7.95. The van der Waals surface area contributed by atoms with Gasteiger partial charge in [-0.15, -0.1) is 0 Å². The van der Waals surface area contributed by atoms with Gasteiger partial charge in [-0.3, -0.25) is 0 Å². The Morgan fingerprint density at radius 1 is 0.893 bits per heavy atom. The Kier molecular flexibility index (Phi) is 5.13. The van der Waals surface area contributed by atoms with Crippen LogP contribution in [-0.2, 0) is 0 Å². The Balaban J connectivity index is 1.86. The van der Waals surface area contributed by atoms with Crippen molar-refractivity contribution in [3.05, 3.63) is 94.5 Å². The maximum atomic E-state index is 6.61. The number of methoxy groups -OCH3 is 1. The van der Waals surface area contributed by atoms with Crippen molar-refractivity contribution < 1.29 is 9.47 Å². The summed E-state index contributed by atoms with van der Waals surface area (Å²) in [7, 11) is 1.71. The van der Waals surface area contributed by atoms with Gasteiger partial charge in [-0.05, 0) is 53.6 Å². The van der Waals surface area contributed by atoms with Crippen LogP contribution in [0.1, 0.15) is 66.0 Å². The summed E-state index contributed by atoms with van der Waals surface area (Å²) in [6.45, 7) is 6.68. The minimum absolute atomic E-state index is 0.0573. The van der Waals surface area contributed by atoms with E-state index in [9.17, 15) is 0 Å². The Labute approximate surface area is 168 Å². The van der Waals surface area contributed by atoms with E-state index in [0.29, 0.717) is 11.8 Å². The molecule has 0 fully saturated rings. The van der Waals surface area contributed by atoms with Crippen LogP contribution < -0.4 is 9.47 Å². The van der Waals surface area contributed by atoms with E-state index in [4.69, 9.17) is 9.47 Å². The molecular weight excluding hydrogens is 344 g/mol. The van der Waals surface area contributed by atoms with Gasteiger partial charge in [0.2, 0.25) is 0 Å². The third-order valence-electron chi connectivity index (χ3n) is 5.80. The first-order valence-electron chi connectivity index (χ1n) is 10.1. The van der Waals surface area contributed by atoms with E-state index in [-0.39, 0.29) is 6.10 Å². The quantitative estimate of drug-likeness (QED) is 0.502. The van der Waals surface area contributed by atoms with Crippen LogP contribution in [0.3, 0.4) is 0 Å². The zero-order valence-corrected chi connectivity index (χ0v) is 17.1. The van der Waals surface area contributed by atoms with Crippen molar-refractivity contribution in [2.24, 2.45) is 0 Å². The number of rotatable bonds is 4. The van der Waals surface area contributed by atoms with E-state index in [1.54, 1.807) is 7.11 Å². The van der Waals surface area contributed by atoms with Crippen LogP contribution in [0.15, 0.2) is 66.7 Å². The number of aryl methyl sites for hydroxylation is 1. The van der Waals surface area contributed by atoms with Crippen molar-refractivity contribution in [2.75, 3.05) is 7.11 Å². The lowest BCUT2D eigenvalue weighted by molar-refractivity contribution is 0.165. The monoisotopic (exact) mass is 372 g/mol. The van der Waals surface area contributed by atoms with Gasteiger partial charge in [-0.25, -0.2) is 0 Å². The molecule has 3 aromatic carbocycles. The topological polar surface area (TPSA) is 18.5 Å². The molecule has 0 aliphatic carbocycles. The fraction of sp³-hybridized carbons (Fsp3) is 0.308. The number of benzene rings is 3. The van der Waals surface area contributed by atoms with Crippen molar-refractivity contribution in [1.82, 2.24) is 0 Å². The SMILES string of the molecule is COc1ccc([C@@H]2C[C@@H](c3ccccc3)Oc3c(C)ccc(C(C)C)c32)cc1. The maximum absolute atomic E-state index is 6.61. The molecule has 0 bridgehead atoms. The minimum atomic E-state index is 0.0573. The van der Waals surface area contributed by atoms with Gasteiger partial charge in [-0.1, -0.05) is 68.4 Å². The lowest BCUT2D eigenvalue weighted by atomic mass is 9.77. The molecule has 28 heavy (non-hydrogen) atoms. The van der Waals surface area contributed by atoms with Gasteiger partial charge in [0.25, 0.3) is 0 Å². The largest absolute Gasteiger partial charge is 0.497 e. The Morgan fingerprint density at radius 2 is 1.61 bits per heavy atom. The van der Waals surface area contributed by atoms with E-state index < -0.39 is 0 Å². The first-order chi connectivity index (χ1) is 13.6. The molecule has 0 saturated heterocycles. The fourth-order valence-electron chi connectivity index (χ4n) is 4.28. The van der Waals surface area contributed by atoms with Crippen LogP contribution in [0.25, 0.3) is 0 Å². The van der Waals surface area contributed by atoms with Crippen LogP contribution in [0.2, 0.25) is 0 Å². The standard InChI is InChI=1S/C26H28O2/c1-17(2)22-15-10-18(3)26-25(22)23(19-11-13-21(27-4)14-12-19)16-24(28-26)20-8-6-5-7-9-20/h5-15,17,23-24H,16H2,1-4H3/t23-,24-/m0/s1. The normalized spacial score (nSPS) is 18.5. The molecule has 1 aliphatic rings. The molecule has 2 heteroatoms. The maximum Gasteiger partial charge on any atom is 0.127 e. The molecule has 144 valence electrons. The highest BCUT2D eigenvalue weighted by atomic mass is 16.5. The van der Waals surface area contributed by atoms with E-state index >= 15 is 0 Å². The van der Waals surface area contributed by atoms with Crippen LogP contribution in [0, 0.1) is 6.92 Å². The smallest absolute Gasteiger partial charge is 0.127 e. The zero-order chi connectivity index (χ0) is 19.7. The van der Waals surface area contributed by atoms with Crippen LogP contribution in [-0.4, -0.2) is 7.11 Å². The Hall–Kier alpha value is -2.74. The molecule has 1 aliphatic heterocycles. The lowest BCUT2D eigenvalue weighted by Gasteiger charge is -2.36. The molecule has 0 unspecified atom stereocenters. The summed E-state index contributed by atoms with van der Waals surface area (Å²) >= 11 is 0. The number of ether oxygens (including phenoxy) is 2. The third-order valence-corrected chi connectivity index (χ3v) is 5.80. The summed E-state index contributed by atoms with van der Waals surface area (Å²) in [5.74, 6) is 2.71. The lowest BCUT2D eigenvalue weighted by Crippen LogP contribution is -2.22. The molecule has 3 aromatic rings. The summed E-state index contributed by atoms with van der Waals surface area (Å²) in [6.07, 6.45) is 0.994. The molecule has 0 radical (unpaired) electrons. The van der Waals surface area contributed by atoms with E-state index in [1.807, 2.05) is 0 Å². The summed E-state index contributed by atoms with van der Waals surface area (Å²) in [5.41, 5.74) is 6.50. The fourth-order valence-corrected chi connectivity index (χ4v) is 4.28. The van der Waals surface area contributed by atoms with Gasteiger partial charge in [-0.2, -0.15) is 0 Å².